The monoisotopic (exact) mass is 527 g/mol. The predicted octanol–water partition coefficient (Wildman–Crippen LogP) is 7.60. The number of pyridine rings is 1. The molecule has 4 rings (SSSR count). The average Bonchev–Trinajstić information content (AvgIpc) is 3.39. The Labute approximate surface area is 222 Å². The van der Waals surface area contributed by atoms with E-state index in [0.717, 1.165) is 56.2 Å². The van der Waals surface area contributed by atoms with Gasteiger partial charge in [-0.05, 0) is 58.1 Å². The number of ketones is 1. The number of hydrogen-bond donors (Lipinski definition) is 0. The summed E-state index contributed by atoms with van der Waals surface area (Å²) in [5, 5.41) is 0.941. The van der Waals surface area contributed by atoms with Crippen molar-refractivity contribution in [1.82, 2.24) is 14.9 Å². The minimum atomic E-state index is -0.542. The molecule has 0 aromatic carbocycles. The van der Waals surface area contributed by atoms with Gasteiger partial charge >= 0.3 is 6.09 Å². The van der Waals surface area contributed by atoms with Crippen LogP contribution in [-0.4, -0.2) is 38.9 Å². The summed E-state index contributed by atoms with van der Waals surface area (Å²) in [7, 11) is 0. The Morgan fingerprint density at radius 2 is 2.06 bits per heavy atom. The van der Waals surface area contributed by atoms with Crippen LogP contribution in [-0.2, 0) is 22.4 Å². The highest BCUT2D eigenvalue weighted by Crippen LogP contribution is 2.46. The first-order valence-corrected chi connectivity index (χ1v) is 14.6. The third-order valence-electron chi connectivity index (χ3n) is 6.80. The average molecular weight is 528 g/mol. The van der Waals surface area contributed by atoms with E-state index in [1.165, 1.54) is 5.56 Å². The number of fused-ring (bicyclic) bond motifs is 2. The van der Waals surface area contributed by atoms with Gasteiger partial charge in [-0.15, -0.1) is 22.7 Å². The summed E-state index contributed by atoms with van der Waals surface area (Å²) in [6, 6.07) is 1.87. The number of aromatic nitrogens is 2. The minimum Gasteiger partial charge on any atom is -0.444 e. The number of thiazole rings is 1. The standard InChI is InChI=1S/C28H37N3O3S2/c1-7-17(2)9-8-10-19(32)15-23-24(26-30-21-16-29-13-11-22(21)36-26)20-12-14-31(18(3)25(20)35-23)27(33)34-28(4,5)6/h11,13,16-18H,7-10,12,14-15H2,1-6H3/t17-,18+/m0/s1. The SMILES string of the molecule is CC[C@H](C)CCCC(=O)Cc1sc2c(c1-c1nc3cnccc3s1)CCN(C(=O)OC(C)(C)C)[C@@H]2C. The summed E-state index contributed by atoms with van der Waals surface area (Å²) in [6.45, 7) is 12.8. The predicted molar refractivity (Wildman–Crippen MR) is 148 cm³/mol. The van der Waals surface area contributed by atoms with Gasteiger partial charge in [-0.3, -0.25) is 9.78 Å². The largest absolute Gasteiger partial charge is 0.444 e. The molecule has 2 atom stereocenters. The van der Waals surface area contributed by atoms with E-state index < -0.39 is 5.60 Å². The third kappa shape index (κ3) is 5.97. The van der Waals surface area contributed by atoms with Gasteiger partial charge in [0.25, 0.3) is 0 Å². The molecule has 0 bridgehead atoms. The van der Waals surface area contributed by atoms with Crippen molar-refractivity contribution in [3.63, 3.8) is 0 Å². The van der Waals surface area contributed by atoms with Crippen molar-refractivity contribution in [1.29, 1.82) is 0 Å². The second-order valence-corrected chi connectivity index (χ2v) is 13.0. The molecule has 1 amide bonds. The van der Waals surface area contributed by atoms with E-state index in [4.69, 9.17) is 9.72 Å². The Morgan fingerprint density at radius 1 is 1.28 bits per heavy atom. The van der Waals surface area contributed by atoms with Gasteiger partial charge in [-0.2, -0.15) is 0 Å². The highest BCUT2D eigenvalue weighted by Gasteiger charge is 2.35. The van der Waals surface area contributed by atoms with Gasteiger partial charge < -0.3 is 9.64 Å². The maximum atomic E-state index is 13.1. The Bertz CT molecular complexity index is 1210. The number of thiophene rings is 1. The van der Waals surface area contributed by atoms with Crippen LogP contribution >= 0.6 is 22.7 Å². The Kier molecular flexibility index (Phi) is 8.15. The zero-order valence-electron chi connectivity index (χ0n) is 22.2. The highest BCUT2D eigenvalue weighted by molar-refractivity contribution is 7.22. The fraction of sp³-hybridized carbons (Fsp3) is 0.571. The molecule has 0 radical (unpaired) electrons. The molecular formula is C28H37N3O3S2. The van der Waals surface area contributed by atoms with Gasteiger partial charge in [-0.1, -0.05) is 26.7 Å². The fourth-order valence-electron chi connectivity index (χ4n) is 4.64. The molecule has 0 spiro atoms. The number of ether oxygens (including phenoxy) is 1. The Morgan fingerprint density at radius 3 is 2.75 bits per heavy atom. The fourth-order valence-corrected chi connectivity index (χ4v) is 7.18. The molecular weight excluding hydrogens is 490 g/mol. The molecule has 3 aromatic heterocycles. The molecule has 36 heavy (non-hydrogen) atoms. The van der Waals surface area contributed by atoms with Crippen LogP contribution in [0.1, 0.15) is 88.6 Å². The number of carbonyl (C=O) groups excluding carboxylic acids is 2. The number of Topliss-reactive ketones (excluding diaryl/α,β-unsaturated/α-hetero) is 1. The minimum absolute atomic E-state index is 0.113. The normalized spacial score (nSPS) is 16.7. The number of hydrogen-bond acceptors (Lipinski definition) is 7. The van der Waals surface area contributed by atoms with Crippen LogP contribution in [0.3, 0.4) is 0 Å². The van der Waals surface area contributed by atoms with E-state index in [9.17, 15) is 9.59 Å². The van der Waals surface area contributed by atoms with Crippen molar-refractivity contribution in [2.24, 2.45) is 5.92 Å². The summed E-state index contributed by atoms with van der Waals surface area (Å²) in [5.74, 6) is 0.927. The molecule has 0 N–H and O–H groups in total. The maximum absolute atomic E-state index is 13.1. The van der Waals surface area contributed by atoms with Crippen LogP contribution < -0.4 is 0 Å². The van der Waals surface area contributed by atoms with Crippen molar-refractivity contribution in [3.05, 3.63) is 33.8 Å². The maximum Gasteiger partial charge on any atom is 0.410 e. The van der Waals surface area contributed by atoms with Crippen LogP contribution in [0.15, 0.2) is 18.5 Å². The van der Waals surface area contributed by atoms with Crippen LogP contribution in [0.5, 0.6) is 0 Å². The molecule has 194 valence electrons. The number of rotatable bonds is 8. The summed E-state index contributed by atoms with van der Waals surface area (Å²) < 4.78 is 6.77. The number of carbonyl (C=O) groups is 2. The zero-order chi connectivity index (χ0) is 26.0. The zero-order valence-corrected chi connectivity index (χ0v) is 23.9. The summed E-state index contributed by atoms with van der Waals surface area (Å²) in [4.78, 5) is 39.1. The van der Waals surface area contributed by atoms with Crippen LogP contribution in [0.4, 0.5) is 4.79 Å². The van der Waals surface area contributed by atoms with Crippen LogP contribution in [0.2, 0.25) is 0 Å². The van der Waals surface area contributed by atoms with Gasteiger partial charge in [0.2, 0.25) is 0 Å². The molecule has 0 saturated carbocycles. The molecule has 0 fully saturated rings. The first kappa shape index (κ1) is 26.7. The summed E-state index contributed by atoms with van der Waals surface area (Å²) in [6.07, 6.45) is 8.21. The summed E-state index contributed by atoms with van der Waals surface area (Å²) >= 11 is 3.32. The van der Waals surface area contributed by atoms with Crippen molar-refractivity contribution < 1.29 is 14.3 Å². The number of nitrogens with zero attached hydrogens (tertiary/aromatic N) is 3. The topological polar surface area (TPSA) is 72.4 Å². The van der Waals surface area contributed by atoms with E-state index in [1.54, 1.807) is 35.1 Å². The molecule has 6 nitrogen and oxygen atoms in total. The molecule has 0 aliphatic carbocycles. The van der Waals surface area contributed by atoms with E-state index in [0.29, 0.717) is 25.3 Å². The van der Waals surface area contributed by atoms with E-state index >= 15 is 0 Å². The van der Waals surface area contributed by atoms with Crippen molar-refractivity contribution >= 4 is 44.8 Å². The van der Waals surface area contributed by atoms with E-state index in [1.807, 2.05) is 31.7 Å². The lowest BCUT2D eigenvalue weighted by Gasteiger charge is -2.35. The van der Waals surface area contributed by atoms with Crippen LogP contribution in [0.25, 0.3) is 20.8 Å². The molecule has 8 heteroatoms. The van der Waals surface area contributed by atoms with Crippen molar-refractivity contribution in [3.8, 4) is 10.6 Å². The van der Waals surface area contributed by atoms with Gasteiger partial charge in [0.15, 0.2) is 0 Å². The lowest BCUT2D eigenvalue weighted by Crippen LogP contribution is -2.41. The Balaban J connectivity index is 1.66. The third-order valence-corrected chi connectivity index (χ3v) is 9.26. The van der Waals surface area contributed by atoms with Crippen molar-refractivity contribution in [2.45, 2.75) is 91.7 Å². The quantitative estimate of drug-likeness (QED) is 0.301. The molecule has 1 aliphatic heterocycles. The smallest absolute Gasteiger partial charge is 0.410 e. The summed E-state index contributed by atoms with van der Waals surface area (Å²) in [5.41, 5.74) is 2.66. The Hall–Kier alpha value is -2.32. The van der Waals surface area contributed by atoms with Crippen LogP contribution in [0, 0.1) is 5.92 Å². The molecule has 0 unspecified atom stereocenters. The highest BCUT2D eigenvalue weighted by atomic mass is 32.1. The van der Waals surface area contributed by atoms with Gasteiger partial charge in [0, 0.05) is 40.9 Å². The second-order valence-electron chi connectivity index (χ2n) is 10.8. The first-order valence-electron chi connectivity index (χ1n) is 12.9. The van der Waals surface area contributed by atoms with Crippen molar-refractivity contribution in [2.75, 3.05) is 6.54 Å². The van der Waals surface area contributed by atoms with Gasteiger partial charge in [0.1, 0.15) is 21.9 Å². The second kappa shape index (κ2) is 11.0. The lowest BCUT2D eigenvalue weighted by molar-refractivity contribution is -0.118. The van der Waals surface area contributed by atoms with Gasteiger partial charge in [0.05, 0.1) is 16.9 Å². The molecule has 1 aliphatic rings. The molecule has 3 aromatic rings. The lowest BCUT2D eigenvalue weighted by atomic mass is 9.96. The van der Waals surface area contributed by atoms with E-state index in [-0.39, 0.29) is 17.9 Å². The first-order chi connectivity index (χ1) is 17.1. The van der Waals surface area contributed by atoms with Gasteiger partial charge in [-0.25, -0.2) is 9.78 Å². The molecule has 4 heterocycles. The van der Waals surface area contributed by atoms with E-state index in [2.05, 4.69) is 25.8 Å². The number of amides is 1. The molecule has 0 saturated heterocycles.